The van der Waals surface area contributed by atoms with Gasteiger partial charge in [-0.05, 0) is 51.9 Å². The molecule has 0 aliphatic heterocycles. The van der Waals surface area contributed by atoms with Crippen LogP contribution in [-0.2, 0) is 0 Å². The van der Waals surface area contributed by atoms with E-state index < -0.39 is 0 Å². The monoisotopic (exact) mass is 312 g/mol. The molecule has 1 aromatic carbocycles. The number of aryl methyl sites for hydroxylation is 2. The summed E-state index contributed by atoms with van der Waals surface area (Å²) in [6.07, 6.45) is 3.54. The van der Waals surface area contributed by atoms with Gasteiger partial charge in [0, 0.05) is 22.6 Å². The molecule has 0 radical (unpaired) electrons. The zero-order chi connectivity index (χ0) is 16.8. The molecule has 0 unspecified atom stereocenters. The van der Waals surface area contributed by atoms with Gasteiger partial charge in [0.1, 0.15) is 0 Å². The number of rotatable bonds is 8. The predicted molar refractivity (Wildman–Crippen MR) is 96.7 cm³/mol. The Morgan fingerprint density at radius 2 is 1.78 bits per heavy atom. The average Bonchev–Trinajstić information content (AvgIpc) is 2.83. The summed E-state index contributed by atoms with van der Waals surface area (Å²) in [4.78, 5) is 12.5. The van der Waals surface area contributed by atoms with E-state index in [1.54, 1.807) is 0 Å². The molecule has 0 atom stereocenters. The number of hydrogen-bond donors (Lipinski definition) is 1. The van der Waals surface area contributed by atoms with Gasteiger partial charge in [0.15, 0.2) is 5.78 Å². The highest BCUT2D eigenvalue weighted by atomic mass is 16.1. The van der Waals surface area contributed by atoms with E-state index in [0.29, 0.717) is 6.54 Å². The molecule has 2 aromatic rings. The lowest BCUT2D eigenvalue weighted by atomic mass is 10.1. The molecule has 1 N–H and O–H groups in total. The maximum atomic E-state index is 12.5. The number of aromatic nitrogens is 1. The Morgan fingerprint density at radius 1 is 1.09 bits per heavy atom. The molecule has 3 heteroatoms. The fourth-order valence-electron chi connectivity index (χ4n) is 2.93. The highest BCUT2D eigenvalue weighted by Crippen LogP contribution is 2.21. The third-order valence-corrected chi connectivity index (χ3v) is 4.27. The van der Waals surface area contributed by atoms with Crippen LogP contribution < -0.4 is 5.32 Å². The van der Waals surface area contributed by atoms with Crippen molar-refractivity contribution in [3.8, 4) is 5.69 Å². The molecule has 0 fully saturated rings. The number of carbonyl (C=O) groups excluding carboxylic acids is 1. The first-order valence-corrected chi connectivity index (χ1v) is 8.54. The first-order valence-electron chi connectivity index (χ1n) is 8.54. The standard InChI is InChI=1S/C20H28N2O/c1-5-6-7-12-21-14-20(23)19-13-16(3)22(17(19)4)18-10-8-15(2)9-11-18/h8-11,13,21H,5-7,12,14H2,1-4H3. The Hall–Kier alpha value is -1.87. The summed E-state index contributed by atoms with van der Waals surface area (Å²) in [7, 11) is 0. The van der Waals surface area contributed by atoms with Crippen molar-refractivity contribution in [2.24, 2.45) is 0 Å². The first kappa shape index (κ1) is 17.5. The van der Waals surface area contributed by atoms with Crippen molar-refractivity contribution in [1.82, 2.24) is 9.88 Å². The van der Waals surface area contributed by atoms with Crippen LogP contribution in [0, 0.1) is 20.8 Å². The van der Waals surface area contributed by atoms with Gasteiger partial charge < -0.3 is 9.88 Å². The molecular weight excluding hydrogens is 284 g/mol. The number of carbonyl (C=O) groups is 1. The molecule has 1 heterocycles. The second kappa shape index (κ2) is 8.11. The van der Waals surface area contributed by atoms with Crippen LogP contribution in [0.5, 0.6) is 0 Å². The van der Waals surface area contributed by atoms with E-state index in [2.05, 4.69) is 54.9 Å². The van der Waals surface area contributed by atoms with Crippen LogP contribution in [0.4, 0.5) is 0 Å². The molecule has 23 heavy (non-hydrogen) atoms. The van der Waals surface area contributed by atoms with Gasteiger partial charge in [0.2, 0.25) is 0 Å². The Balaban J connectivity index is 2.11. The highest BCUT2D eigenvalue weighted by Gasteiger charge is 2.16. The summed E-state index contributed by atoms with van der Waals surface area (Å²) in [5.74, 6) is 0.174. The van der Waals surface area contributed by atoms with Crippen LogP contribution in [-0.4, -0.2) is 23.4 Å². The van der Waals surface area contributed by atoms with Gasteiger partial charge in [-0.15, -0.1) is 0 Å². The zero-order valence-electron chi connectivity index (χ0n) is 14.8. The number of nitrogens with one attached hydrogen (secondary N) is 1. The minimum absolute atomic E-state index is 0.174. The summed E-state index contributed by atoms with van der Waals surface area (Å²) in [6, 6.07) is 10.4. The van der Waals surface area contributed by atoms with E-state index in [-0.39, 0.29) is 5.78 Å². The van der Waals surface area contributed by atoms with Crippen LogP contribution in [0.1, 0.15) is 53.5 Å². The molecule has 0 amide bonds. The van der Waals surface area contributed by atoms with Crippen LogP contribution in [0.25, 0.3) is 5.69 Å². The van der Waals surface area contributed by atoms with E-state index in [9.17, 15) is 4.79 Å². The molecule has 0 aliphatic carbocycles. The molecule has 0 spiro atoms. The Bertz CT molecular complexity index is 653. The number of nitrogens with zero attached hydrogens (tertiary/aromatic N) is 1. The third-order valence-electron chi connectivity index (χ3n) is 4.27. The molecule has 3 nitrogen and oxygen atoms in total. The van der Waals surface area contributed by atoms with Gasteiger partial charge in [-0.25, -0.2) is 0 Å². The number of Topliss-reactive ketones (excluding diaryl/α,β-unsaturated/α-hetero) is 1. The smallest absolute Gasteiger partial charge is 0.178 e. The second-order valence-corrected chi connectivity index (χ2v) is 6.26. The minimum Gasteiger partial charge on any atom is -0.318 e. The van der Waals surface area contributed by atoms with Gasteiger partial charge in [-0.2, -0.15) is 0 Å². The molecule has 2 rings (SSSR count). The summed E-state index contributed by atoms with van der Waals surface area (Å²) in [5.41, 5.74) is 5.29. The molecule has 0 saturated carbocycles. The topological polar surface area (TPSA) is 34.0 Å². The lowest BCUT2D eigenvalue weighted by molar-refractivity contribution is 0.0990. The van der Waals surface area contributed by atoms with Crippen LogP contribution in [0.2, 0.25) is 0 Å². The second-order valence-electron chi connectivity index (χ2n) is 6.26. The molecule has 1 aromatic heterocycles. The largest absolute Gasteiger partial charge is 0.318 e. The van der Waals surface area contributed by atoms with Crippen molar-refractivity contribution in [3.05, 3.63) is 52.8 Å². The zero-order valence-corrected chi connectivity index (χ0v) is 14.8. The number of unbranched alkanes of at least 4 members (excludes halogenated alkanes) is 2. The van der Waals surface area contributed by atoms with E-state index in [4.69, 9.17) is 0 Å². The first-order chi connectivity index (χ1) is 11.0. The Morgan fingerprint density at radius 3 is 2.43 bits per heavy atom. The van der Waals surface area contributed by atoms with Crippen molar-refractivity contribution in [1.29, 1.82) is 0 Å². The minimum atomic E-state index is 0.174. The quantitative estimate of drug-likeness (QED) is 0.580. The van der Waals surface area contributed by atoms with Crippen molar-refractivity contribution >= 4 is 5.78 Å². The molecular formula is C20H28N2O. The number of benzene rings is 1. The molecule has 0 bridgehead atoms. The molecule has 124 valence electrons. The lowest BCUT2D eigenvalue weighted by Gasteiger charge is -2.10. The van der Waals surface area contributed by atoms with Gasteiger partial charge in [0.25, 0.3) is 0 Å². The van der Waals surface area contributed by atoms with Crippen molar-refractivity contribution in [2.75, 3.05) is 13.1 Å². The summed E-state index contributed by atoms with van der Waals surface area (Å²) < 4.78 is 2.16. The van der Waals surface area contributed by atoms with Gasteiger partial charge in [0.05, 0.1) is 6.54 Å². The van der Waals surface area contributed by atoms with Crippen molar-refractivity contribution < 1.29 is 4.79 Å². The van der Waals surface area contributed by atoms with Crippen LogP contribution in [0.15, 0.2) is 30.3 Å². The predicted octanol–water partition coefficient (Wildman–Crippen LogP) is 4.37. The molecule has 0 aliphatic rings. The lowest BCUT2D eigenvalue weighted by Crippen LogP contribution is -2.24. The highest BCUT2D eigenvalue weighted by molar-refractivity contribution is 5.99. The summed E-state index contributed by atoms with van der Waals surface area (Å²) >= 11 is 0. The van der Waals surface area contributed by atoms with Crippen LogP contribution in [0.3, 0.4) is 0 Å². The SMILES string of the molecule is CCCCCNCC(=O)c1cc(C)n(-c2ccc(C)cc2)c1C. The maximum Gasteiger partial charge on any atom is 0.178 e. The van der Waals surface area contributed by atoms with E-state index in [0.717, 1.165) is 35.6 Å². The Kier molecular flexibility index (Phi) is 6.17. The van der Waals surface area contributed by atoms with Crippen molar-refractivity contribution in [2.45, 2.75) is 47.0 Å². The maximum absolute atomic E-state index is 12.5. The van der Waals surface area contributed by atoms with E-state index in [1.807, 2.05) is 13.0 Å². The Labute approximate surface area is 139 Å². The fraction of sp³-hybridized carbons (Fsp3) is 0.450. The van der Waals surface area contributed by atoms with Crippen molar-refractivity contribution in [3.63, 3.8) is 0 Å². The third kappa shape index (κ3) is 4.32. The van der Waals surface area contributed by atoms with E-state index in [1.165, 1.54) is 18.4 Å². The van der Waals surface area contributed by atoms with E-state index >= 15 is 0 Å². The van der Waals surface area contributed by atoms with Gasteiger partial charge in [-0.3, -0.25) is 4.79 Å². The average molecular weight is 312 g/mol. The van der Waals surface area contributed by atoms with Gasteiger partial charge in [-0.1, -0.05) is 37.5 Å². The van der Waals surface area contributed by atoms with Crippen LogP contribution >= 0.6 is 0 Å². The summed E-state index contributed by atoms with van der Waals surface area (Å²) in [6.45, 7) is 9.68. The normalized spacial score (nSPS) is 11.0. The number of ketones is 1. The fourth-order valence-corrected chi connectivity index (χ4v) is 2.93. The molecule has 0 saturated heterocycles. The summed E-state index contributed by atoms with van der Waals surface area (Å²) in [5, 5.41) is 3.26. The van der Waals surface area contributed by atoms with Gasteiger partial charge >= 0.3 is 0 Å². The number of hydrogen-bond acceptors (Lipinski definition) is 2.